The lowest BCUT2D eigenvalue weighted by Gasteiger charge is -2.26. The van der Waals surface area contributed by atoms with Crippen LogP contribution in [0.15, 0.2) is 17.5 Å². The first-order chi connectivity index (χ1) is 8.33. The van der Waals surface area contributed by atoms with E-state index in [9.17, 15) is 0 Å². The van der Waals surface area contributed by atoms with Gasteiger partial charge in [0.15, 0.2) is 0 Å². The van der Waals surface area contributed by atoms with Crippen molar-refractivity contribution in [2.75, 3.05) is 19.6 Å². The first kappa shape index (κ1) is 11.7. The predicted octanol–water partition coefficient (Wildman–Crippen LogP) is 2.57. The second kappa shape index (κ2) is 5.09. The maximum absolute atomic E-state index is 3.52. The first-order valence-corrected chi connectivity index (χ1v) is 7.68. The Kier molecular flexibility index (Phi) is 3.50. The molecule has 0 amide bonds. The Balaban J connectivity index is 1.60. The summed E-state index contributed by atoms with van der Waals surface area (Å²) in [5, 5.41) is 5.72. The Morgan fingerprint density at radius 2 is 2.29 bits per heavy atom. The molecule has 17 heavy (non-hydrogen) atoms. The Labute approximate surface area is 108 Å². The highest BCUT2D eigenvalue weighted by Gasteiger charge is 2.33. The molecule has 0 radical (unpaired) electrons. The fourth-order valence-electron chi connectivity index (χ4n) is 2.80. The lowest BCUT2D eigenvalue weighted by atomic mass is 9.97. The quantitative estimate of drug-likeness (QED) is 0.864. The van der Waals surface area contributed by atoms with Crippen LogP contribution in [-0.2, 0) is 6.54 Å². The van der Waals surface area contributed by atoms with E-state index in [-0.39, 0.29) is 0 Å². The molecule has 2 atom stereocenters. The third kappa shape index (κ3) is 2.90. The molecule has 94 valence electrons. The molecular formula is C14H22N2S. The molecule has 3 rings (SSSR count). The number of rotatable bonds is 5. The van der Waals surface area contributed by atoms with E-state index in [0.717, 1.165) is 17.9 Å². The zero-order valence-electron chi connectivity index (χ0n) is 10.6. The molecule has 1 aromatic rings. The minimum atomic E-state index is 0.847. The number of hydrogen-bond donors (Lipinski definition) is 1. The van der Waals surface area contributed by atoms with Crippen molar-refractivity contribution in [2.45, 2.75) is 32.4 Å². The van der Waals surface area contributed by atoms with Crippen LogP contribution in [0, 0.1) is 11.8 Å². The standard InChI is InChI=1S/C14H22N2S/c1-11-7-15-8-12(11)9-16(13-4-5-13)10-14-3-2-6-17-14/h2-3,6,11-13,15H,4-5,7-10H2,1H3. The Hall–Kier alpha value is -0.380. The number of nitrogens with one attached hydrogen (secondary N) is 1. The summed E-state index contributed by atoms with van der Waals surface area (Å²) in [7, 11) is 0. The van der Waals surface area contributed by atoms with Gasteiger partial charge in [0, 0.05) is 24.0 Å². The maximum atomic E-state index is 3.52. The fourth-order valence-corrected chi connectivity index (χ4v) is 3.52. The third-order valence-electron chi connectivity index (χ3n) is 4.15. The number of hydrogen-bond acceptors (Lipinski definition) is 3. The highest BCUT2D eigenvalue weighted by atomic mass is 32.1. The van der Waals surface area contributed by atoms with E-state index in [2.05, 4.69) is 34.7 Å². The summed E-state index contributed by atoms with van der Waals surface area (Å²) in [6, 6.07) is 5.33. The van der Waals surface area contributed by atoms with Crippen molar-refractivity contribution in [2.24, 2.45) is 11.8 Å². The first-order valence-electron chi connectivity index (χ1n) is 6.80. The van der Waals surface area contributed by atoms with Gasteiger partial charge in [0.2, 0.25) is 0 Å². The van der Waals surface area contributed by atoms with Crippen molar-refractivity contribution >= 4 is 11.3 Å². The summed E-state index contributed by atoms with van der Waals surface area (Å²) in [4.78, 5) is 4.25. The van der Waals surface area contributed by atoms with E-state index in [0.29, 0.717) is 0 Å². The normalized spacial score (nSPS) is 29.1. The molecule has 1 aliphatic heterocycles. The van der Waals surface area contributed by atoms with Crippen LogP contribution in [0.3, 0.4) is 0 Å². The van der Waals surface area contributed by atoms with Gasteiger partial charge in [-0.25, -0.2) is 0 Å². The van der Waals surface area contributed by atoms with Crippen molar-refractivity contribution in [3.8, 4) is 0 Å². The van der Waals surface area contributed by atoms with Gasteiger partial charge in [-0.15, -0.1) is 11.3 Å². The Bertz CT molecular complexity index is 345. The average Bonchev–Trinajstić information content (AvgIpc) is 2.91. The van der Waals surface area contributed by atoms with E-state index < -0.39 is 0 Å². The molecule has 2 unspecified atom stereocenters. The molecule has 1 N–H and O–H groups in total. The van der Waals surface area contributed by atoms with Gasteiger partial charge >= 0.3 is 0 Å². The molecule has 2 heterocycles. The summed E-state index contributed by atoms with van der Waals surface area (Å²) >= 11 is 1.90. The van der Waals surface area contributed by atoms with Crippen molar-refractivity contribution in [1.82, 2.24) is 10.2 Å². The monoisotopic (exact) mass is 250 g/mol. The van der Waals surface area contributed by atoms with Crippen LogP contribution >= 0.6 is 11.3 Å². The second-order valence-corrected chi connectivity index (χ2v) is 6.67. The summed E-state index contributed by atoms with van der Waals surface area (Å²) in [5.74, 6) is 1.70. The van der Waals surface area contributed by atoms with E-state index in [1.165, 1.54) is 43.9 Å². The maximum Gasteiger partial charge on any atom is 0.0330 e. The van der Waals surface area contributed by atoms with Gasteiger partial charge in [-0.05, 0) is 49.2 Å². The summed E-state index contributed by atoms with van der Waals surface area (Å²) in [5.41, 5.74) is 0. The third-order valence-corrected chi connectivity index (χ3v) is 5.01. The van der Waals surface area contributed by atoms with E-state index >= 15 is 0 Å². The van der Waals surface area contributed by atoms with Gasteiger partial charge in [-0.1, -0.05) is 13.0 Å². The molecule has 0 bridgehead atoms. The van der Waals surface area contributed by atoms with Crippen LogP contribution in [0.25, 0.3) is 0 Å². The van der Waals surface area contributed by atoms with Crippen molar-refractivity contribution in [3.63, 3.8) is 0 Å². The van der Waals surface area contributed by atoms with E-state index in [1.807, 2.05) is 11.3 Å². The van der Waals surface area contributed by atoms with Gasteiger partial charge in [0.25, 0.3) is 0 Å². The van der Waals surface area contributed by atoms with Crippen LogP contribution < -0.4 is 5.32 Å². The van der Waals surface area contributed by atoms with Gasteiger partial charge in [-0.2, -0.15) is 0 Å². The second-order valence-electron chi connectivity index (χ2n) is 5.64. The lowest BCUT2D eigenvalue weighted by molar-refractivity contribution is 0.203. The predicted molar refractivity (Wildman–Crippen MR) is 73.3 cm³/mol. The molecule has 2 fully saturated rings. The highest BCUT2D eigenvalue weighted by Crippen LogP contribution is 2.31. The Morgan fingerprint density at radius 3 is 2.88 bits per heavy atom. The van der Waals surface area contributed by atoms with Gasteiger partial charge in [0.05, 0.1) is 0 Å². The van der Waals surface area contributed by atoms with Crippen molar-refractivity contribution in [3.05, 3.63) is 22.4 Å². The molecule has 0 aromatic carbocycles. The van der Waals surface area contributed by atoms with Gasteiger partial charge < -0.3 is 5.32 Å². The lowest BCUT2D eigenvalue weighted by Crippen LogP contribution is -2.33. The molecular weight excluding hydrogens is 228 g/mol. The van der Waals surface area contributed by atoms with Crippen molar-refractivity contribution < 1.29 is 0 Å². The minimum absolute atomic E-state index is 0.847. The van der Waals surface area contributed by atoms with Gasteiger partial charge in [-0.3, -0.25) is 4.90 Å². The molecule has 2 aliphatic rings. The molecule has 1 aliphatic carbocycles. The number of thiophene rings is 1. The largest absolute Gasteiger partial charge is 0.316 e. The fraction of sp³-hybridized carbons (Fsp3) is 0.714. The molecule has 1 aromatic heterocycles. The molecule has 2 nitrogen and oxygen atoms in total. The van der Waals surface area contributed by atoms with E-state index in [4.69, 9.17) is 0 Å². The van der Waals surface area contributed by atoms with Crippen molar-refractivity contribution in [1.29, 1.82) is 0 Å². The molecule has 0 spiro atoms. The topological polar surface area (TPSA) is 15.3 Å². The number of nitrogens with zero attached hydrogens (tertiary/aromatic N) is 1. The van der Waals surface area contributed by atoms with Crippen LogP contribution in [0.4, 0.5) is 0 Å². The highest BCUT2D eigenvalue weighted by molar-refractivity contribution is 7.09. The zero-order chi connectivity index (χ0) is 11.7. The van der Waals surface area contributed by atoms with Crippen LogP contribution in [0.2, 0.25) is 0 Å². The zero-order valence-corrected chi connectivity index (χ0v) is 11.4. The van der Waals surface area contributed by atoms with Gasteiger partial charge in [0.1, 0.15) is 0 Å². The van der Waals surface area contributed by atoms with E-state index in [1.54, 1.807) is 0 Å². The Morgan fingerprint density at radius 1 is 1.41 bits per heavy atom. The molecule has 3 heteroatoms. The average molecular weight is 250 g/mol. The molecule has 1 saturated carbocycles. The van der Waals surface area contributed by atoms with Crippen LogP contribution in [0.1, 0.15) is 24.6 Å². The smallest absolute Gasteiger partial charge is 0.0330 e. The summed E-state index contributed by atoms with van der Waals surface area (Å²) in [6.07, 6.45) is 2.83. The summed E-state index contributed by atoms with van der Waals surface area (Å²) < 4.78 is 0. The minimum Gasteiger partial charge on any atom is -0.316 e. The summed E-state index contributed by atoms with van der Waals surface area (Å²) in [6.45, 7) is 7.28. The van der Waals surface area contributed by atoms with Crippen LogP contribution in [-0.4, -0.2) is 30.6 Å². The molecule has 1 saturated heterocycles. The SMILES string of the molecule is CC1CNCC1CN(Cc1cccs1)C1CC1. The van der Waals surface area contributed by atoms with Crippen LogP contribution in [0.5, 0.6) is 0 Å².